The van der Waals surface area contributed by atoms with E-state index < -0.39 is 0 Å². The van der Waals surface area contributed by atoms with Crippen molar-refractivity contribution in [3.63, 3.8) is 0 Å². The Morgan fingerprint density at radius 3 is 2.76 bits per heavy atom. The van der Waals surface area contributed by atoms with E-state index in [1.165, 1.54) is 12.8 Å². The summed E-state index contributed by atoms with van der Waals surface area (Å²) in [6, 6.07) is 0. The summed E-state index contributed by atoms with van der Waals surface area (Å²) < 4.78 is 5.50. The molecule has 0 aliphatic carbocycles. The molecule has 0 saturated carbocycles. The zero-order valence-electron chi connectivity index (χ0n) is 11.6. The van der Waals surface area contributed by atoms with Crippen molar-refractivity contribution in [1.82, 2.24) is 4.90 Å². The molecular weight excluding hydrogens is 216 g/mol. The van der Waals surface area contributed by atoms with Gasteiger partial charge in [0.2, 0.25) is 5.91 Å². The van der Waals surface area contributed by atoms with Crippen LogP contribution in [0.5, 0.6) is 0 Å². The summed E-state index contributed by atoms with van der Waals surface area (Å²) >= 11 is 0. The molecule has 0 aromatic carbocycles. The Balaban J connectivity index is 3.50. The largest absolute Gasteiger partial charge is 0.381 e. The van der Waals surface area contributed by atoms with Crippen LogP contribution in [0.1, 0.15) is 39.5 Å². The van der Waals surface area contributed by atoms with Crippen molar-refractivity contribution in [1.29, 1.82) is 0 Å². The fourth-order valence-corrected chi connectivity index (χ4v) is 1.66. The first-order chi connectivity index (χ1) is 8.11. The summed E-state index contributed by atoms with van der Waals surface area (Å²) in [5.41, 5.74) is 5.40. The molecule has 0 aliphatic heterocycles. The second kappa shape index (κ2) is 10.5. The summed E-state index contributed by atoms with van der Waals surface area (Å²) in [5, 5.41) is 0. The third-order valence-electron chi connectivity index (χ3n) is 2.77. The first kappa shape index (κ1) is 16.4. The minimum absolute atomic E-state index is 0.140. The molecule has 0 aromatic heterocycles. The number of nitrogens with two attached hydrogens (primary N) is 1. The number of amides is 1. The molecule has 0 heterocycles. The monoisotopic (exact) mass is 244 g/mol. The molecular formula is C13H28N2O2. The molecule has 1 amide bonds. The van der Waals surface area contributed by atoms with E-state index >= 15 is 0 Å². The molecule has 0 radical (unpaired) electrons. The van der Waals surface area contributed by atoms with Crippen LogP contribution in [0, 0.1) is 5.92 Å². The van der Waals surface area contributed by atoms with Crippen molar-refractivity contribution in [3.05, 3.63) is 0 Å². The van der Waals surface area contributed by atoms with E-state index in [1.54, 1.807) is 4.90 Å². The molecule has 102 valence electrons. The van der Waals surface area contributed by atoms with Gasteiger partial charge in [0.05, 0.1) is 13.0 Å². The lowest BCUT2D eigenvalue weighted by atomic mass is 10.1. The zero-order chi connectivity index (χ0) is 13.1. The van der Waals surface area contributed by atoms with Crippen LogP contribution in [0.15, 0.2) is 0 Å². The van der Waals surface area contributed by atoms with Crippen molar-refractivity contribution >= 4 is 5.91 Å². The van der Waals surface area contributed by atoms with Gasteiger partial charge in [0.15, 0.2) is 0 Å². The van der Waals surface area contributed by atoms with Crippen molar-refractivity contribution in [2.75, 3.05) is 33.4 Å². The maximum Gasteiger partial charge on any atom is 0.224 e. The van der Waals surface area contributed by atoms with Gasteiger partial charge in [-0.2, -0.15) is 0 Å². The van der Waals surface area contributed by atoms with Gasteiger partial charge in [0, 0.05) is 20.2 Å². The van der Waals surface area contributed by atoms with E-state index in [1.807, 2.05) is 7.05 Å². The Morgan fingerprint density at radius 2 is 2.18 bits per heavy atom. The highest BCUT2D eigenvalue weighted by atomic mass is 16.5. The lowest BCUT2D eigenvalue weighted by Gasteiger charge is -2.17. The summed E-state index contributed by atoms with van der Waals surface area (Å²) in [7, 11) is 1.82. The van der Waals surface area contributed by atoms with E-state index in [9.17, 15) is 4.79 Å². The molecule has 0 bridgehead atoms. The van der Waals surface area contributed by atoms with Crippen LogP contribution in [0.4, 0.5) is 0 Å². The Hall–Kier alpha value is -0.610. The number of carbonyl (C=O) groups is 1. The molecule has 0 rings (SSSR count). The van der Waals surface area contributed by atoms with Crippen molar-refractivity contribution in [2.24, 2.45) is 11.7 Å². The van der Waals surface area contributed by atoms with Crippen LogP contribution in [-0.2, 0) is 9.53 Å². The number of hydrogen-bond donors (Lipinski definition) is 1. The van der Waals surface area contributed by atoms with Crippen LogP contribution in [-0.4, -0.2) is 44.2 Å². The van der Waals surface area contributed by atoms with Crippen molar-refractivity contribution in [2.45, 2.75) is 39.5 Å². The predicted octanol–water partition coefficient (Wildman–Crippen LogP) is 1.64. The smallest absolute Gasteiger partial charge is 0.224 e. The molecule has 0 saturated heterocycles. The molecule has 1 unspecified atom stereocenters. The van der Waals surface area contributed by atoms with Crippen LogP contribution in [0.3, 0.4) is 0 Å². The maximum absolute atomic E-state index is 11.6. The molecule has 2 N–H and O–H groups in total. The zero-order valence-corrected chi connectivity index (χ0v) is 11.6. The summed E-state index contributed by atoms with van der Waals surface area (Å²) in [6.07, 6.45) is 3.70. The van der Waals surface area contributed by atoms with Crippen molar-refractivity contribution in [3.8, 4) is 0 Å². The third kappa shape index (κ3) is 9.12. The van der Waals surface area contributed by atoms with E-state index in [4.69, 9.17) is 10.5 Å². The third-order valence-corrected chi connectivity index (χ3v) is 2.77. The van der Waals surface area contributed by atoms with Gasteiger partial charge in [0.1, 0.15) is 0 Å². The fraction of sp³-hybridized carbons (Fsp3) is 0.923. The molecule has 1 atom stereocenters. The average Bonchev–Trinajstić information content (AvgIpc) is 2.31. The summed E-state index contributed by atoms with van der Waals surface area (Å²) in [6.45, 7) is 7.00. The Bertz CT molecular complexity index is 198. The van der Waals surface area contributed by atoms with Gasteiger partial charge in [-0.1, -0.05) is 20.3 Å². The minimum Gasteiger partial charge on any atom is -0.381 e. The predicted molar refractivity (Wildman–Crippen MR) is 70.8 cm³/mol. The van der Waals surface area contributed by atoms with Gasteiger partial charge in [-0.3, -0.25) is 4.79 Å². The normalized spacial score (nSPS) is 12.5. The lowest BCUT2D eigenvalue weighted by molar-refractivity contribution is -0.131. The van der Waals surface area contributed by atoms with Gasteiger partial charge in [-0.05, 0) is 25.3 Å². The lowest BCUT2D eigenvalue weighted by Crippen LogP contribution is -2.29. The highest BCUT2D eigenvalue weighted by molar-refractivity contribution is 5.75. The number of nitrogens with zero attached hydrogens (tertiary/aromatic N) is 1. The second-order valence-electron chi connectivity index (χ2n) is 4.68. The Labute approximate surface area is 105 Å². The Morgan fingerprint density at radius 1 is 1.47 bits per heavy atom. The quantitative estimate of drug-likeness (QED) is 0.594. The molecule has 0 aliphatic rings. The van der Waals surface area contributed by atoms with E-state index in [0.29, 0.717) is 25.5 Å². The van der Waals surface area contributed by atoms with Crippen LogP contribution in [0.2, 0.25) is 0 Å². The maximum atomic E-state index is 11.6. The van der Waals surface area contributed by atoms with Crippen molar-refractivity contribution < 1.29 is 9.53 Å². The van der Waals surface area contributed by atoms with Gasteiger partial charge in [0.25, 0.3) is 0 Å². The van der Waals surface area contributed by atoms with Gasteiger partial charge in [-0.25, -0.2) is 0 Å². The topological polar surface area (TPSA) is 55.6 Å². The highest BCUT2D eigenvalue weighted by Crippen LogP contribution is 2.05. The highest BCUT2D eigenvalue weighted by Gasteiger charge is 2.08. The van der Waals surface area contributed by atoms with Crippen LogP contribution >= 0.6 is 0 Å². The Kier molecular flexibility index (Phi) is 10.2. The molecule has 4 nitrogen and oxygen atoms in total. The first-order valence-corrected chi connectivity index (χ1v) is 6.63. The fourth-order valence-electron chi connectivity index (χ4n) is 1.66. The summed E-state index contributed by atoms with van der Waals surface area (Å²) in [5.74, 6) is 0.728. The molecule has 0 fully saturated rings. The van der Waals surface area contributed by atoms with Gasteiger partial charge in [-0.15, -0.1) is 0 Å². The molecule has 4 heteroatoms. The van der Waals surface area contributed by atoms with Crippen LogP contribution < -0.4 is 5.73 Å². The number of hydrogen-bond acceptors (Lipinski definition) is 3. The molecule has 17 heavy (non-hydrogen) atoms. The van der Waals surface area contributed by atoms with E-state index in [2.05, 4.69) is 13.8 Å². The standard InChI is InChI=1S/C13H28N2O2/c1-4-6-12(2)11-17-10-7-13(16)15(3)9-5-8-14/h12H,4-11,14H2,1-3H3. The number of ether oxygens (including phenoxy) is 1. The number of rotatable bonds is 10. The van der Waals surface area contributed by atoms with Gasteiger partial charge < -0.3 is 15.4 Å². The van der Waals surface area contributed by atoms with E-state index in [-0.39, 0.29) is 5.91 Å². The SMILES string of the molecule is CCCC(C)COCCC(=O)N(C)CCCN. The minimum atomic E-state index is 0.140. The first-order valence-electron chi connectivity index (χ1n) is 6.63. The number of carbonyl (C=O) groups excluding carboxylic acids is 1. The molecule has 0 aromatic rings. The van der Waals surface area contributed by atoms with Gasteiger partial charge >= 0.3 is 0 Å². The average molecular weight is 244 g/mol. The second-order valence-corrected chi connectivity index (χ2v) is 4.68. The van der Waals surface area contributed by atoms with E-state index in [0.717, 1.165) is 19.6 Å². The van der Waals surface area contributed by atoms with Crippen LogP contribution in [0.25, 0.3) is 0 Å². The summed E-state index contributed by atoms with van der Waals surface area (Å²) in [4.78, 5) is 13.4. The molecule has 0 spiro atoms.